The van der Waals surface area contributed by atoms with Gasteiger partial charge in [0.15, 0.2) is 0 Å². The van der Waals surface area contributed by atoms with Crippen LogP contribution in [0.3, 0.4) is 0 Å². The van der Waals surface area contributed by atoms with Gasteiger partial charge in [0.05, 0.1) is 22.3 Å². The van der Waals surface area contributed by atoms with Crippen molar-refractivity contribution in [1.82, 2.24) is 9.88 Å². The Kier molecular flexibility index (Phi) is 5.06. The molecule has 1 amide bonds. The third kappa shape index (κ3) is 3.30. The van der Waals surface area contributed by atoms with Crippen LogP contribution in [0.4, 0.5) is 0 Å². The first-order valence-electron chi connectivity index (χ1n) is 6.79. The second-order valence-corrected chi connectivity index (χ2v) is 7.22. The molecule has 2 rings (SSSR count). The topological polar surface area (TPSA) is 33.2 Å². The highest BCUT2D eigenvalue weighted by Gasteiger charge is 2.23. The van der Waals surface area contributed by atoms with E-state index in [9.17, 15) is 4.79 Å². The van der Waals surface area contributed by atoms with Gasteiger partial charge in [0.25, 0.3) is 5.91 Å². The van der Waals surface area contributed by atoms with E-state index in [-0.39, 0.29) is 11.9 Å². The van der Waals surface area contributed by atoms with E-state index >= 15 is 0 Å². The van der Waals surface area contributed by atoms with Gasteiger partial charge in [-0.25, -0.2) is 4.98 Å². The van der Waals surface area contributed by atoms with E-state index < -0.39 is 0 Å². The number of carbonyl (C=O) groups is 1. The molecule has 0 spiro atoms. The summed E-state index contributed by atoms with van der Waals surface area (Å²) in [5.74, 6) is 0.0394. The molecule has 3 nitrogen and oxygen atoms in total. The molecule has 112 valence electrons. The van der Waals surface area contributed by atoms with Gasteiger partial charge in [-0.15, -0.1) is 23.1 Å². The average molecular weight is 320 g/mol. The van der Waals surface area contributed by atoms with E-state index in [1.165, 1.54) is 4.88 Å². The summed E-state index contributed by atoms with van der Waals surface area (Å²) in [6.45, 7) is 6.09. The molecule has 21 heavy (non-hydrogen) atoms. The van der Waals surface area contributed by atoms with Gasteiger partial charge in [-0.3, -0.25) is 4.79 Å². The van der Waals surface area contributed by atoms with Gasteiger partial charge in [-0.1, -0.05) is 12.1 Å². The zero-order valence-electron chi connectivity index (χ0n) is 13.0. The third-order valence-electron chi connectivity index (χ3n) is 3.57. The van der Waals surface area contributed by atoms with Crippen LogP contribution in [0.1, 0.15) is 38.9 Å². The first-order chi connectivity index (χ1) is 9.95. The van der Waals surface area contributed by atoms with Crippen LogP contribution in [0, 0.1) is 13.8 Å². The van der Waals surface area contributed by atoms with Gasteiger partial charge >= 0.3 is 0 Å². The molecule has 0 unspecified atom stereocenters. The maximum absolute atomic E-state index is 12.7. The highest BCUT2D eigenvalue weighted by atomic mass is 32.2. The third-order valence-corrected chi connectivity index (χ3v) is 5.27. The van der Waals surface area contributed by atoms with Crippen molar-refractivity contribution in [3.05, 3.63) is 45.4 Å². The van der Waals surface area contributed by atoms with Crippen molar-refractivity contribution in [2.45, 2.75) is 31.7 Å². The normalized spacial score (nSPS) is 12.2. The van der Waals surface area contributed by atoms with Gasteiger partial charge in [0.1, 0.15) is 0 Å². The van der Waals surface area contributed by atoms with Crippen LogP contribution in [-0.4, -0.2) is 29.1 Å². The summed E-state index contributed by atoms with van der Waals surface area (Å²) in [4.78, 5) is 21.3. The Balaban J connectivity index is 2.28. The molecule has 2 aromatic rings. The molecule has 0 saturated carbocycles. The summed E-state index contributed by atoms with van der Waals surface area (Å²) >= 11 is 3.27. The summed E-state index contributed by atoms with van der Waals surface area (Å²) in [5, 5.41) is 1.04. The standard InChI is InChI=1S/C16H20N2OS2/c1-10(15-11(2)21-12(3)17-15)18(4)16(19)13-8-6-7-9-14(13)20-5/h6-10H,1-5H3/t10-/m1/s1. The van der Waals surface area contributed by atoms with Crippen molar-refractivity contribution < 1.29 is 4.79 Å². The predicted octanol–water partition coefficient (Wildman–Crippen LogP) is 4.32. The lowest BCUT2D eigenvalue weighted by atomic mass is 10.1. The van der Waals surface area contributed by atoms with Crippen molar-refractivity contribution >= 4 is 29.0 Å². The summed E-state index contributed by atoms with van der Waals surface area (Å²) < 4.78 is 0. The monoisotopic (exact) mass is 320 g/mol. The average Bonchev–Trinajstić information content (AvgIpc) is 2.83. The minimum absolute atomic E-state index is 0.0302. The molecule has 0 aliphatic rings. The van der Waals surface area contributed by atoms with E-state index in [1.807, 2.05) is 51.4 Å². The minimum atomic E-state index is -0.0302. The Hall–Kier alpha value is -1.33. The minimum Gasteiger partial charge on any atom is -0.333 e. The second-order valence-electron chi connectivity index (χ2n) is 4.97. The Morgan fingerprint density at radius 3 is 2.57 bits per heavy atom. The van der Waals surface area contributed by atoms with E-state index in [0.717, 1.165) is 21.2 Å². The maximum atomic E-state index is 12.7. The van der Waals surface area contributed by atoms with Crippen LogP contribution >= 0.6 is 23.1 Å². The summed E-state index contributed by atoms with van der Waals surface area (Å²) in [7, 11) is 1.85. The molecule has 0 aliphatic heterocycles. The molecular formula is C16H20N2OS2. The smallest absolute Gasteiger partial charge is 0.255 e. The number of benzene rings is 1. The number of hydrogen-bond acceptors (Lipinski definition) is 4. The molecule has 1 atom stereocenters. The van der Waals surface area contributed by atoms with E-state index in [0.29, 0.717) is 0 Å². The van der Waals surface area contributed by atoms with Gasteiger partial charge in [0.2, 0.25) is 0 Å². The van der Waals surface area contributed by atoms with Crippen LogP contribution in [-0.2, 0) is 0 Å². The number of thioether (sulfide) groups is 1. The van der Waals surface area contributed by atoms with E-state index in [1.54, 1.807) is 28.0 Å². The lowest BCUT2D eigenvalue weighted by Gasteiger charge is -2.25. The molecule has 0 N–H and O–H groups in total. The molecule has 0 saturated heterocycles. The van der Waals surface area contributed by atoms with Gasteiger partial charge in [-0.05, 0) is 39.2 Å². The number of aryl methyl sites for hydroxylation is 2. The molecule has 0 aliphatic carbocycles. The quantitative estimate of drug-likeness (QED) is 0.787. The van der Waals surface area contributed by atoms with Crippen LogP contribution in [0.5, 0.6) is 0 Å². The Labute approximate surface area is 134 Å². The SMILES string of the molecule is CSc1ccccc1C(=O)N(C)[C@H](C)c1nc(C)sc1C. The highest BCUT2D eigenvalue weighted by Crippen LogP contribution is 2.28. The number of aromatic nitrogens is 1. The zero-order valence-corrected chi connectivity index (χ0v) is 14.6. The molecule has 5 heteroatoms. The van der Waals surface area contributed by atoms with Crippen LogP contribution in [0.15, 0.2) is 29.2 Å². The fourth-order valence-electron chi connectivity index (χ4n) is 2.30. The maximum Gasteiger partial charge on any atom is 0.255 e. The number of rotatable bonds is 4. The summed E-state index contributed by atoms with van der Waals surface area (Å²) in [5.41, 5.74) is 1.75. The van der Waals surface area contributed by atoms with Crippen LogP contribution in [0.25, 0.3) is 0 Å². The molecule has 1 aromatic carbocycles. The molecule has 1 aromatic heterocycles. The lowest BCUT2D eigenvalue weighted by Crippen LogP contribution is -2.30. The highest BCUT2D eigenvalue weighted by molar-refractivity contribution is 7.98. The Morgan fingerprint density at radius 2 is 2.00 bits per heavy atom. The Bertz CT molecular complexity index is 651. The van der Waals surface area contributed by atoms with Crippen molar-refractivity contribution in [3.63, 3.8) is 0 Å². The Morgan fingerprint density at radius 1 is 1.33 bits per heavy atom. The molecule has 0 bridgehead atoms. The van der Waals surface area contributed by atoms with Crippen molar-refractivity contribution in [1.29, 1.82) is 0 Å². The number of amides is 1. The second kappa shape index (κ2) is 6.62. The van der Waals surface area contributed by atoms with Gasteiger partial charge in [0, 0.05) is 16.8 Å². The van der Waals surface area contributed by atoms with Gasteiger partial charge < -0.3 is 4.90 Å². The van der Waals surface area contributed by atoms with Crippen molar-refractivity contribution in [3.8, 4) is 0 Å². The number of thiazole rings is 1. The molecule has 0 radical (unpaired) electrons. The predicted molar refractivity (Wildman–Crippen MR) is 90.3 cm³/mol. The van der Waals surface area contributed by atoms with Crippen LogP contribution < -0.4 is 0 Å². The van der Waals surface area contributed by atoms with Crippen LogP contribution in [0.2, 0.25) is 0 Å². The fourth-order valence-corrected chi connectivity index (χ4v) is 3.80. The van der Waals surface area contributed by atoms with Gasteiger partial charge in [-0.2, -0.15) is 0 Å². The summed E-state index contributed by atoms with van der Waals surface area (Å²) in [6.07, 6.45) is 1.99. The molecule has 0 fully saturated rings. The largest absolute Gasteiger partial charge is 0.333 e. The number of hydrogen-bond donors (Lipinski definition) is 0. The fraction of sp³-hybridized carbons (Fsp3) is 0.375. The van der Waals surface area contributed by atoms with E-state index in [2.05, 4.69) is 11.9 Å². The zero-order chi connectivity index (χ0) is 15.6. The molecular weight excluding hydrogens is 300 g/mol. The molecule has 1 heterocycles. The first-order valence-corrected chi connectivity index (χ1v) is 8.84. The lowest BCUT2D eigenvalue weighted by molar-refractivity contribution is 0.0736. The van der Waals surface area contributed by atoms with Crippen molar-refractivity contribution in [2.75, 3.05) is 13.3 Å². The summed E-state index contributed by atoms with van der Waals surface area (Å²) in [6, 6.07) is 7.70. The first kappa shape index (κ1) is 16.0. The number of nitrogens with zero attached hydrogens (tertiary/aromatic N) is 2. The number of carbonyl (C=O) groups excluding carboxylic acids is 1. The van der Waals surface area contributed by atoms with E-state index in [4.69, 9.17) is 0 Å². The van der Waals surface area contributed by atoms with Crippen molar-refractivity contribution in [2.24, 2.45) is 0 Å².